The lowest BCUT2D eigenvalue weighted by atomic mass is 10.3. The van der Waals surface area contributed by atoms with Gasteiger partial charge in [0.05, 0.1) is 7.11 Å². The van der Waals surface area contributed by atoms with E-state index in [1.54, 1.807) is 17.1 Å². The number of nitrogens with one attached hydrogen (secondary N) is 1. The molecule has 0 radical (unpaired) electrons. The Kier molecular flexibility index (Phi) is 4.48. The highest BCUT2D eigenvalue weighted by Gasteiger charge is 2.24. The van der Waals surface area contributed by atoms with Gasteiger partial charge in [0.2, 0.25) is 0 Å². The van der Waals surface area contributed by atoms with E-state index < -0.39 is 10.0 Å². The van der Waals surface area contributed by atoms with Crippen molar-refractivity contribution >= 4 is 15.7 Å². The van der Waals surface area contributed by atoms with Crippen molar-refractivity contribution in [3.8, 4) is 5.75 Å². The van der Waals surface area contributed by atoms with Crippen molar-refractivity contribution in [2.75, 3.05) is 46.1 Å². The van der Waals surface area contributed by atoms with Gasteiger partial charge in [-0.05, 0) is 25.2 Å². The number of sulfonamides is 1. The van der Waals surface area contributed by atoms with Crippen LogP contribution in [0.25, 0.3) is 0 Å². The van der Waals surface area contributed by atoms with E-state index in [1.165, 1.54) is 13.2 Å². The third kappa shape index (κ3) is 3.40. The minimum atomic E-state index is -3.69. The standard InChI is InChI=1S/C12H20N4O3S/c1-15-5-7-16(8-6-15)14-20(17,18)12-9-10(13)3-4-11(12)19-2/h3-4,9,14H,5-8,13H2,1-2H3. The molecule has 1 saturated heterocycles. The van der Waals surface area contributed by atoms with Gasteiger partial charge in [0.15, 0.2) is 0 Å². The summed E-state index contributed by atoms with van der Waals surface area (Å²) in [5.41, 5.74) is 6.04. The number of anilines is 1. The Balaban J connectivity index is 2.20. The Labute approximate surface area is 119 Å². The molecule has 0 unspecified atom stereocenters. The summed E-state index contributed by atoms with van der Waals surface area (Å²) in [6.07, 6.45) is 0. The molecule has 20 heavy (non-hydrogen) atoms. The number of hydrazine groups is 1. The van der Waals surface area contributed by atoms with Crippen molar-refractivity contribution in [3.05, 3.63) is 18.2 Å². The van der Waals surface area contributed by atoms with Crippen LogP contribution >= 0.6 is 0 Å². The number of hydrogen-bond donors (Lipinski definition) is 2. The topological polar surface area (TPSA) is 87.9 Å². The van der Waals surface area contributed by atoms with E-state index in [2.05, 4.69) is 9.73 Å². The molecule has 0 bridgehead atoms. The van der Waals surface area contributed by atoms with Crippen molar-refractivity contribution in [2.45, 2.75) is 4.90 Å². The number of nitrogen functional groups attached to an aromatic ring is 1. The van der Waals surface area contributed by atoms with Crippen LogP contribution in [0, 0.1) is 0 Å². The summed E-state index contributed by atoms with van der Waals surface area (Å²) in [4.78, 5) is 4.78. The van der Waals surface area contributed by atoms with E-state index >= 15 is 0 Å². The third-order valence-corrected chi connectivity index (χ3v) is 4.63. The summed E-state index contributed by atoms with van der Waals surface area (Å²) in [6, 6.07) is 4.55. The third-order valence-electron chi connectivity index (χ3n) is 3.23. The molecule has 1 aliphatic heterocycles. The molecule has 0 aliphatic carbocycles. The minimum absolute atomic E-state index is 0.0546. The Hall–Kier alpha value is -1.35. The van der Waals surface area contributed by atoms with Gasteiger partial charge in [0, 0.05) is 31.9 Å². The summed E-state index contributed by atoms with van der Waals surface area (Å²) in [6.45, 7) is 2.91. The van der Waals surface area contributed by atoms with Gasteiger partial charge in [-0.15, -0.1) is 4.83 Å². The lowest BCUT2D eigenvalue weighted by Gasteiger charge is -2.32. The molecule has 1 heterocycles. The molecular weight excluding hydrogens is 280 g/mol. The van der Waals surface area contributed by atoms with Gasteiger partial charge in [-0.1, -0.05) is 0 Å². The lowest BCUT2D eigenvalue weighted by molar-refractivity contribution is 0.134. The largest absolute Gasteiger partial charge is 0.495 e. The molecule has 8 heteroatoms. The Morgan fingerprint density at radius 1 is 1.25 bits per heavy atom. The SMILES string of the molecule is COc1ccc(N)cc1S(=O)(=O)NN1CCN(C)CC1. The van der Waals surface area contributed by atoms with Crippen molar-refractivity contribution < 1.29 is 13.2 Å². The number of ether oxygens (including phenoxy) is 1. The first-order chi connectivity index (χ1) is 9.42. The zero-order valence-corrected chi connectivity index (χ0v) is 12.5. The summed E-state index contributed by atoms with van der Waals surface area (Å²) >= 11 is 0. The molecule has 1 aliphatic rings. The van der Waals surface area contributed by atoms with Crippen molar-refractivity contribution in [1.82, 2.24) is 14.7 Å². The highest BCUT2D eigenvalue weighted by atomic mass is 32.2. The Morgan fingerprint density at radius 3 is 2.50 bits per heavy atom. The maximum atomic E-state index is 12.4. The van der Waals surface area contributed by atoms with Crippen LogP contribution in [0.15, 0.2) is 23.1 Å². The van der Waals surface area contributed by atoms with Gasteiger partial charge >= 0.3 is 0 Å². The first-order valence-corrected chi connectivity index (χ1v) is 7.80. The molecule has 0 atom stereocenters. The second-order valence-electron chi connectivity index (χ2n) is 4.80. The Morgan fingerprint density at radius 2 is 1.90 bits per heavy atom. The highest BCUT2D eigenvalue weighted by Crippen LogP contribution is 2.25. The van der Waals surface area contributed by atoms with E-state index in [-0.39, 0.29) is 10.6 Å². The number of rotatable bonds is 4. The molecule has 0 saturated carbocycles. The van der Waals surface area contributed by atoms with Crippen LogP contribution in [0.4, 0.5) is 5.69 Å². The number of nitrogens with zero attached hydrogens (tertiary/aromatic N) is 2. The maximum absolute atomic E-state index is 12.4. The molecule has 2 rings (SSSR count). The van der Waals surface area contributed by atoms with Crippen LogP contribution in [-0.4, -0.2) is 58.7 Å². The summed E-state index contributed by atoms with van der Waals surface area (Å²) in [5.74, 6) is 0.279. The fourth-order valence-corrected chi connectivity index (χ4v) is 3.35. The van der Waals surface area contributed by atoms with E-state index in [9.17, 15) is 8.42 Å². The predicted molar refractivity (Wildman–Crippen MR) is 76.8 cm³/mol. The van der Waals surface area contributed by atoms with Gasteiger partial charge in [0.1, 0.15) is 10.6 Å². The number of piperazine rings is 1. The monoisotopic (exact) mass is 300 g/mol. The molecular formula is C12H20N4O3S. The molecule has 0 aromatic heterocycles. The highest BCUT2D eigenvalue weighted by molar-refractivity contribution is 7.89. The van der Waals surface area contributed by atoms with Crippen LogP contribution < -0.4 is 15.3 Å². The number of hydrogen-bond acceptors (Lipinski definition) is 6. The predicted octanol–water partition coefficient (Wildman–Crippen LogP) is -0.282. The molecule has 0 amide bonds. The fraction of sp³-hybridized carbons (Fsp3) is 0.500. The summed E-state index contributed by atoms with van der Waals surface area (Å²) in [7, 11) is -0.253. The summed E-state index contributed by atoms with van der Waals surface area (Å²) in [5, 5.41) is 1.69. The Bertz CT molecular complexity index is 568. The molecule has 112 valence electrons. The minimum Gasteiger partial charge on any atom is -0.495 e. The van der Waals surface area contributed by atoms with Crippen LogP contribution in [0.1, 0.15) is 0 Å². The number of methoxy groups -OCH3 is 1. The quantitative estimate of drug-likeness (QED) is 0.744. The van der Waals surface area contributed by atoms with Crippen LogP contribution in [-0.2, 0) is 10.0 Å². The van der Waals surface area contributed by atoms with Gasteiger partial charge in [-0.3, -0.25) is 0 Å². The van der Waals surface area contributed by atoms with Crippen LogP contribution in [0.2, 0.25) is 0 Å². The van der Waals surface area contributed by atoms with E-state index in [0.29, 0.717) is 18.8 Å². The van der Waals surface area contributed by atoms with Gasteiger partial charge in [0.25, 0.3) is 10.0 Å². The molecule has 1 fully saturated rings. The average Bonchev–Trinajstić information content (AvgIpc) is 2.41. The van der Waals surface area contributed by atoms with E-state index in [4.69, 9.17) is 10.5 Å². The van der Waals surface area contributed by atoms with Crippen LogP contribution in [0.5, 0.6) is 5.75 Å². The zero-order chi connectivity index (χ0) is 14.8. The van der Waals surface area contributed by atoms with Gasteiger partial charge in [-0.2, -0.15) is 0 Å². The number of likely N-dealkylation sites (N-methyl/N-ethyl adjacent to an activating group) is 1. The van der Waals surface area contributed by atoms with E-state index in [1.807, 2.05) is 7.05 Å². The zero-order valence-electron chi connectivity index (χ0n) is 11.7. The molecule has 0 spiro atoms. The average molecular weight is 300 g/mol. The smallest absolute Gasteiger partial charge is 0.257 e. The molecule has 7 nitrogen and oxygen atoms in total. The number of benzene rings is 1. The van der Waals surface area contributed by atoms with Crippen molar-refractivity contribution in [2.24, 2.45) is 0 Å². The molecule has 1 aromatic rings. The van der Waals surface area contributed by atoms with Crippen molar-refractivity contribution in [3.63, 3.8) is 0 Å². The van der Waals surface area contributed by atoms with E-state index in [0.717, 1.165) is 13.1 Å². The fourth-order valence-electron chi connectivity index (χ4n) is 2.02. The van der Waals surface area contributed by atoms with Crippen molar-refractivity contribution in [1.29, 1.82) is 0 Å². The maximum Gasteiger partial charge on any atom is 0.257 e. The second kappa shape index (κ2) is 5.96. The van der Waals surface area contributed by atoms with Gasteiger partial charge < -0.3 is 15.4 Å². The first kappa shape index (κ1) is 15.0. The molecule has 3 N–H and O–H groups in total. The van der Waals surface area contributed by atoms with Gasteiger partial charge in [-0.25, -0.2) is 13.4 Å². The molecule has 1 aromatic carbocycles. The normalized spacial score (nSPS) is 18.1. The first-order valence-electron chi connectivity index (χ1n) is 6.32. The number of nitrogens with two attached hydrogens (primary N) is 1. The second-order valence-corrected chi connectivity index (χ2v) is 6.42. The lowest BCUT2D eigenvalue weighted by Crippen LogP contribution is -2.52. The summed E-state index contributed by atoms with van der Waals surface area (Å²) < 4.78 is 29.9. The van der Waals surface area contributed by atoms with Crippen LogP contribution in [0.3, 0.4) is 0 Å².